The van der Waals surface area contributed by atoms with Crippen molar-refractivity contribution in [2.24, 2.45) is 11.8 Å². The van der Waals surface area contributed by atoms with Gasteiger partial charge < -0.3 is 19.5 Å². The first kappa shape index (κ1) is 23.6. The third-order valence-electron chi connectivity index (χ3n) is 7.36. The summed E-state index contributed by atoms with van der Waals surface area (Å²) in [6.07, 6.45) is 5.95. The molecule has 2 aromatic carbocycles. The largest absolute Gasteiger partial charge is 0.497 e. The van der Waals surface area contributed by atoms with Crippen LogP contribution in [0, 0.1) is 11.8 Å². The van der Waals surface area contributed by atoms with Gasteiger partial charge in [-0.3, -0.25) is 9.88 Å². The van der Waals surface area contributed by atoms with Crippen LogP contribution in [0.3, 0.4) is 0 Å². The average molecular weight is 490 g/mol. The van der Waals surface area contributed by atoms with Crippen molar-refractivity contribution in [1.82, 2.24) is 9.88 Å². The van der Waals surface area contributed by atoms with E-state index in [4.69, 9.17) is 26.4 Å². The minimum Gasteiger partial charge on any atom is -0.497 e. The highest BCUT2D eigenvalue weighted by Crippen LogP contribution is 2.43. The molecule has 0 amide bonds. The number of aromatic nitrogens is 1. The molecule has 7 heteroatoms. The third kappa shape index (κ3) is 4.83. The number of pyridine rings is 1. The Morgan fingerprint density at radius 1 is 1.14 bits per heavy atom. The number of thiocarbonyl (C=S) groups is 1. The van der Waals surface area contributed by atoms with Gasteiger partial charge in [-0.15, -0.1) is 6.58 Å². The van der Waals surface area contributed by atoms with Crippen LogP contribution >= 0.6 is 12.2 Å². The number of hydrogen-bond donors (Lipinski definition) is 1. The molecule has 0 spiro atoms. The van der Waals surface area contributed by atoms with Crippen LogP contribution in [0.4, 0.5) is 5.69 Å². The summed E-state index contributed by atoms with van der Waals surface area (Å²) in [6.45, 7) is 6.14. The topological polar surface area (TPSA) is 55.9 Å². The van der Waals surface area contributed by atoms with Gasteiger partial charge in [0.15, 0.2) is 0 Å². The molecule has 0 saturated carbocycles. The SMILES string of the molecule is C=CC1CN2CCC1C[C@@H]2[C@@H](OC(=S)Nc1ccc(OC)cc1)c1ccnc2ccc(OC)cc12. The lowest BCUT2D eigenvalue weighted by molar-refractivity contribution is -0.0386. The van der Waals surface area contributed by atoms with E-state index in [9.17, 15) is 0 Å². The molecule has 2 bridgehead atoms. The van der Waals surface area contributed by atoms with Gasteiger partial charge in [0, 0.05) is 29.4 Å². The van der Waals surface area contributed by atoms with E-state index in [-0.39, 0.29) is 12.1 Å². The zero-order chi connectivity index (χ0) is 24.4. The van der Waals surface area contributed by atoms with Crippen molar-refractivity contribution in [2.75, 3.05) is 32.6 Å². The zero-order valence-corrected chi connectivity index (χ0v) is 21.0. The summed E-state index contributed by atoms with van der Waals surface area (Å²) in [4.78, 5) is 7.12. The predicted molar refractivity (Wildman–Crippen MR) is 143 cm³/mol. The number of nitrogens with zero attached hydrogens (tertiary/aromatic N) is 2. The lowest BCUT2D eigenvalue weighted by Gasteiger charge is -2.51. The van der Waals surface area contributed by atoms with E-state index >= 15 is 0 Å². The molecule has 5 atom stereocenters. The number of benzene rings is 2. The summed E-state index contributed by atoms with van der Waals surface area (Å²) < 4.78 is 17.4. The molecule has 0 radical (unpaired) electrons. The summed E-state index contributed by atoms with van der Waals surface area (Å²) in [5.74, 6) is 2.72. The number of methoxy groups -OCH3 is 2. The second-order valence-electron chi connectivity index (χ2n) is 9.21. The van der Waals surface area contributed by atoms with Crippen LogP contribution in [0.1, 0.15) is 24.5 Å². The second-order valence-corrected chi connectivity index (χ2v) is 9.58. The molecule has 3 fully saturated rings. The molecule has 3 saturated heterocycles. The molecule has 3 aliphatic heterocycles. The van der Waals surface area contributed by atoms with Crippen molar-refractivity contribution >= 4 is 34.0 Å². The van der Waals surface area contributed by atoms with Crippen molar-refractivity contribution in [3.05, 3.63) is 72.9 Å². The fraction of sp³-hybridized carbons (Fsp3) is 0.357. The Balaban J connectivity index is 1.48. The molecule has 35 heavy (non-hydrogen) atoms. The molecular formula is C28H31N3O3S. The lowest BCUT2D eigenvalue weighted by atomic mass is 9.73. The number of ether oxygens (including phenoxy) is 3. The highest BCUT2D eigenvalue weighted by atomic mass is 32.1. The molecule has 182 valence electrons. The number of rotatable bonds is 7. The van der Waals surface area contributed by atoms with Gasteiger partial charge in [0.25, 0.3) is 5.17 Å². The minimum absolute atomic E-state index is 0.206. The van der Waals surface area contributed by atoms with Crippen LogP contribution < -0.4 is 14.8 Å². The first-order chi connectivity index (χ1) is 17.1. The monoisotopic (exact) mass is 489 g/mol. The Kier molecular flexibility index (Phi) is 6.88. The van der Waals surface area contributed by atoms with E-state index in [1.165, 1.54) is 6.42 Å². The number of hydrogen-bond acceptors (Lipinski definition) is 6. The van der Waals surface area contributed by atoms with Crippen molar-refractivity contribution in [3.63, 3.8) is 0 Å². The van der Waals surface area contributed by atoms with E-state index in [0.717, 1.165) is 53.2 Å². The van der Waals surface area contributed by atoms with Crippen molar-refractivity contribution < 1.29 is 14.2 Å². The van der Waals surface area contributed by atoms with Crippen LogP contribution in [0.25, 0.3) is 10.9 Å². The molecule has 6 rings (SSSR count). The molecule has 0 aliphatic carbocycles. The van der Waals surface area contributed by atoms with Crippen LogP contribution in [-0.4, -0.2) is 48.4 Å². The van der Waals surface area contributed by atoms with E-state index in [0.29, 0.717) is 17.0 Å². The Hall–Kier alpha value is -3.16. The van der Waals surface area contributed by atoms with Gasteiger partial charge in [0.2, 0.25) is 0 Å². The normalized spacial score (nSPS) is 23.9. The second kappa shape index (κ2) is 10.2. The molecule has 3 aliphatic rings. The number of fused-ring (bicyclic) bond motifs is 4. The summed E-state index contributed by atoms with van der Waals surface area (Å²) in [5, 5.41) is 4.61. The average Bonchev–Trinajstić information content (AvgIpc) is 2.91. The Morgan fingerprint density at radius 3 is 2.60 bits per heavy atom. The summed E-state index contributed by atoms with van der Waals surface area (Å²) in [6, 6.07) is 15.9. The van der Waals surface area contributed by atoms with Crippen molar-refractivity contribution in [2.45, 2.75) is 25.0 Å². The Labute approximate surface area is 211 Å². The fourth-order valence-electron chi connectivity index (χ4n) is 5.50. The highest BCUT2D eigenvalue weighted by Gasteiger charge is 2.44. The molecule has 6 nitrogen and oxygen atoms in total. The van der Waals surface area contributed by atoms with Crippen molar-refractivity contribution in [1.29, 1.82) is 0 Å². The molecular weight excluding hydrogens is 458 g/mol. The van der Waals surface area contributed by atoms with Gasteiger partial charge in [-0.2, -0.15) is 0 Å². The maximum absolute atomic E-state index is 6.59. The highest BCUT2D eigenvalue weighted by molar-refractivity contribution is 7.80. The van der Waals surface area contributed by atoms with E-state index in [1.54, 1.807) is 14.2 Å². The Morgan fingerprint density at radius 2 is 1.91 bits per heavy atom. The van der Waals surface area contributed by atoms with Gasteiger partial charge in [-0.25, -0.2) is 0 Å². The molecule has 3 unspecified atom stereocenters. The van der Waals surface area contributed by atoms with Gasteiger partial charge in [0.05, 0.1) is 25.8 Å². The van der Waals surface area contributed by atoms with Crippen molar-refractivity contribution in [3.8, 4) is 11.5 Å². The van der Waals surface area contributed by atoms with Crippen LogP contribution in [0.15, 0.2) is 67.4 Å². The third-order valence-corrected chi connectivity index (χ3v) is 7.56. The standard InChI is InChI=1S/C28H31N3O3S/c1-4-18-17-31-14-12-19(18)15-26(31)27(34-28(35)30-20-5-7-21(32-2)8-6-20)23-11-13-29-25-10-9-22(33-3)16-24(23)25/h4-11,13,16,18-19,26-27H,1,12,14-15,17H2,2-3H3,(H,30,35)/t18?,19?,26-,27+/m1/s1. The van der Waals surface area contributed by atoms with Crippen LogP contribution in [0.2, 0.25) is 0 Å². The lowest BCUT2D eigenvalue weighted by Crippen LogP contribution is -2.55. The van der Waals surface area contributed by atoms with Crippen LogP contribution in [0.5, 0.6) is 11.5 Å². The van der Waals surface area contributed by atoms with Gasteiger partial charge in [0.1, 0.15) is 17.6 Å². The van der Waals surface area contributed by atoms with Gasteiger partial charge >= 0.3 is 0 Å². The summed E-state index contributed by atoms with van der Waals surface area (Å²) in [5.41, 5.74) is 2.83. The summed E-state index contributed by atoms with van der Waals surface area (Å²) >= 11 is 5.71. The molecule has 1 N–H and O–H groups in total. The maximum atomic E-state index is 6.59. The quantitative estimate of drug-likeness (QED) is 0.342. The van der Waals surface area contributed by atoms with Gasteiger partial charge in [-0.1, -0.05) is 6.08 Å². The minimum atomic E-state index is -0.251. The maximum Gasteiger partial charge on any atom is 0.261 e. The fourth-order valence-corrected chi connectivity index (χ4v) is 5.72. The molecule has 3 aromatic rings. The van der Waals surface area contributed by atoms with Gasteiger partial charge in [-0.05, 0) is 92.0 Å². The number of nitrogens with one attached hydrogen (secondary N) is 1. The van der Waals surface area contributed by atoms with Crippen LogP contribution in [-0.2, 0) is 4.74 Å². The predicted octanol–water partition coefficient (Wildman–Crippen LogP) is 5.60. The smallest absolute Gasteiger partial charge is 0.261 e. The number of piperidine rings is 3. The van der Waals surface area contributed by atoms with E-state index in [2.05, 4.69) is 33.9 Å². The first-order valence-corrected chi connectivity index (χ1v) is 12.4. The molecule has 1 aromatic heterocycles. The van der Waals surface area contributed by atoms with E-state index < -0.39 is 0 Å². The summed E-state index contributed by atoms with van der Waals surface area (Å²) in [7, 11) is 3.33. The number of anilines is 1. The molecule has 4 heterocycles. The zero-order valence-electron chi connectivity index (χ0n) is 20.1. The Bertz CT molecular complexity index is 1220. The van der Waals surface area contributed by atoms with E-state index in [1.807, 2.05) is 48.7 Å². The first-order valence-electron chi connectivity index (χ1n) is 12.0.